The van der Waals surface area contributed by atoms with E-state index in [0.717, 1.165) is 17.5 Å². The zero-order valence-electron chi connectivity index (χ0n) is 11.2. The molecule has 1 aromatic carbocycles. The van der Waals surface area contributed by atoms with Crippen molar-refractivity contribution < 1.29 is 0 Å². The third-order valence-electron chi connectivity index (χ3n) is 3.24. The van der Waals surface area contributed by atoms with Crippen LogP contribution in [0.25, 0.3) is 0 Å². The number of hydrogen-bond acceptors (Lipinski definition) is 3. The Morgan fingerprint density at radius 2 is 2.00 bits per heavy atom. The quantitative estimate of drug-likeness (QED) is 0.901. The van der Waals surface area contributed by atoms with Gasteiger partial charge in [0.2, 0.25) is 0 Å². The van der Waals surface area contributed by atoms with Crippen LogP contribution < -0.4 is 11.1 Å². The highest BCUT2D eigenvalue weighted by Crippen LogP contribution is 2.27. The second-order valence-electron chi connectivity index (χ2n) is 4.44. The summed E-state index contributed by atoms with van der Waals surface area (Å²) in [4.78, 5) is 4.11. The van der Waals surface area contributed by atoms with Crippen molar-refractivity contribution in [1.82, 2.24) is 10.3 Å². The van der Waals surface area contributed by atoms with Gasteiger partial charge in [0.1, 0.15) is 5.82 Å². The number of anilines is 1. The molecule has 4 heteroatoms. The molecule has 1 unspecified atom stereocenters. The molecule has 0 aliphatic heterocycles. The predicted octanol–water partition coefficient (Wildman–Crippen LogP) is 3.19. The van der Waals surface area contributed by atoms with E-state index in [-0.39, 0.29) is 6.04 Å². The molecule has 0 bridgehead atoms. The molecule has 0 aliphatic carbocycles. The number of nitrogens with two attached hydrogens (primary N) is 1. The third-order valence-corrected chi connectivity index (χ3v) is 3.44. The lowest BCUT2D eigenvalue weighted by atomic mass is 9.98. The van der Waals surface area contributed by atoms with Crippen LogP contribution in [-0.4, -0.2) is 12.0 Å². The van der Waals surface area contributed by atoms with E-state index >= 15 is 0 Å². The number of nitrogens with one attached hydrogen (secondary N) is 1. The summed E-state index contributed by atoms with van der Waals surface area (Å²) in [6.07, 6.45) is 2.60. The Bertz CT molecular complexity index is 552. The first-order valence-corrected chi connectivity index (χ1v) is 6.70. The summed E-state index contributed by atoms with van der Waals surface area (Å²) < 4.78 is 0. The van der Waals surface area contributed by atoms with Crippen LogP contribution in [-0.2, 0) is 6.42 Å². The molecule has 0 saturated heterocycles. The highest BCUT2D eigenvalue weighted by Gasteiger charge is 2.16. The molecular formula is C15H18ClN3. The van der Waals surface area contributed by atoms with Crippen LogP contribution in [0.2, 0.25) is 5.02 Å². The van der Waals surface area contributed by atoms with E-state index < -0.39 is 0 Å². The first-order valence-electron chi connectivity index (χ1n) is 6.32. The van der Waals surface area contributed by atoms with Gasteiger partial charge in [-0.15, -0.1) is 0 Å². The molecule has 0 saturated carbocycles. The van der Waals surface area contributed by atoms with Gasteiger partial charge in [0.15, 0.2) is 0 Å². The summed E-state index contributed by atoms with van der Waals surface area (Å²) in [5.41, 5.74) is 9.32. The van der Waals surface area contributed by atoms with Gasteiger partial charge in [-0.25, -0.2) is 4.98 Å². The fraction of sp³-hybridized carbons (Fsp3) is 0.267. The van der Waals surface area contributed by atoms with Gasteiger partial charge in [-0.1, -0.05) is 42.8 Å². The van der Waals surface area contributed by atoms with Gasteiger partial charge in [-0.05, 0) is 30.7 Å². The molecule has 100 valence electrons. The summed E-state index contributed by atoms with van der Waals surface area (Å²) in [5.74, 6) is 0.503. The lowest BCUT2D eigenvalue weighted by Gasteiger charge is -2.19. The first-order chi connectivity index (χ1) is 9.15. The number of hydrogen-bond donors (Lipinski definition) is 2. The van der Waals surface area contributed by atoms with Crippen LogP contribution in [0.5, 0.6) is 0 Å². The van der Waals surface area contributed by atoms with Crippen LogP contribution in [0.1, 0.15) is 29.7 Å². The Morgan fingerprint density at radius 3 is 2.58 bits per heavy atom. The zero-order valence-corrected chi connectivity index (χ0v) is 11.9. The molecule has 0 spiro atoms. The van der Waals surface area contributed by atoms with Crippen molar-refractivity contribution in [2.75, 3.05) is 12.8 Å². The molecule has 2 aromatic rings. The SMILES string of the molecule is CCc1ccc(C(NC)c2cc(Cl)cnc2N)cc1. The highest BCUT2D eigenvalue weighted by atomic mass is 35.5. The predicted molar refractivity (Wildman–Crippen MR) is 80.4 cm³/mol. The second kappa shape index (κ2) is 6.04. The number of rotatable bonds is 4. The molecule has 1 aromatic heterocycles. The number of aromatic nitrogens is 1. The average Bonchev–Trinajstić information content (AvgIpc) is 2.44. The van der Waals surface area contributed by atoms with Crippen LogP contribution in [0.4, 0.5) is 5.82 Å². The Labute approximate surface area is 118 Å². The molecule has 3 nitrogen and oxygen atoms in total. The number of halogens is 1. The first kappa shape index (κ1) is 13.8. The van der Waals surface area contributed by atoms with Crippen molar-refractivity contribution in [2.45, 2.75) is 19.4 Å². The van der Waals surface area contributed by atoms with E-state index in [2.05, 4.69) is 41.5 Å². The van der Waals surface area contributed by atoms with Crippen LogP contribution in [0.3, 0.4) is 0 Å². The maximum Gasteiger partial charge on any atom is 0.128 e. The normalized spacial score (nSPS) is 12.4. The summed E-state index contributed by atoms with van der Waals surface area (Å²) in [6, 6.07) is 10.3. The second-order valence-corrected chi connectivity index (χ2v) is 4.88. The van der Waals surface area contributed by atoms with Gasteiger partial charge >= 0.3 is 0 Å². The molecule has 0 amide bonds. The van der Waals surface area contributed by atoms with Crippen molar-refractivity contribution in [3.05, 3.63) is 58.2 Å². The van der Waals surface area contributed by atoms with E-state index in [1.165, 1.54) is 5.56 Å². The lowest BCUT2D eigenvalue weighted by Crippen LogP contribution is -2.19. The summed E-state index contributed by atoms with van der Waals surface area (Å²) in [7, 11) is 1.90. The van der Waals surface area contributed by atoms with Gasteiger partial charge in [0.05, 0.1) is 11.1 Å². The number of nitrogen functional groups attached to an aromatic ring is 1. The van der Waals surface area contributed by atoms with Crippen LogP contribution in [0.15, 0.2) is 36.5 Å². The molecule has 2 rings (SSSR count). The van der Waals surface area contributed by atoms with E-state index in [0.29, 0.717) is 10.8 Å². The largest absolute Gasteiger partial charge is 0.383 e. The fourth-order valence-corrected chi connectivity index (χ4v) is 2.31. The molecule has 1 heterocycles. The summed E-state index contributed by atoms with van der Waals surface area (Å²) in [5, 5.41) is 3.85. The minimum atomic E-state index is -0.00268. The molecule has 1 atom stereocenters. The van der Waals surface area contributed by atoms with Crippen molar-refractivity contribution >= 4 is 17.4 Å². The van der Waals surface area contributed by atoms with Gasteiger partial charge in [0.25, 0.3) is 0 Å². The number of nitrogens with zero attached hydrogens (tertiary/aromatic N) is 1. The minimum Gasteiger partial charge on any atom is -0.383 e. The summed E-state index contributed by atoms with van der Waals surface area (Å²) >= 11 is 6.01. The van der Waals surface area contributed by atoms with Crippen LogP contribution in [0, 0.1) is 0 Å². The number of aryl methyl sites for hydroxylation is 1. The topological polar surface area (TPSA) is 50.9 Å². The Balaban J connectivity index is 2.40. The Morgan fingerprint density at radius 1 is 1.32 bits per heavy atom. The van der Waals surface area contributed by atoms with Crippen molar-refractivity contribution in [3.8, 4) is 0 Å². The molecule has 19 heavy (non-hydrogen) atoms. The molecule has 0 radical (unpaired) electrons. The molecule has 3 N–H and O–H groups in total. The maximum atomic E-state index is 6.01. The van der Waals surface area contributed by atoms with Crippen molar-refractivity contribution in [3.63, 3.8) is 0 Å². The molecule has 0 aliphatic rings. The third kappa shape index (κ3) is 3.06. The number of pyridine rings is 1. The Kier molecular flexibility index (Phi) is 4.40. The van der Waals surface area contributed by atoms with E-state index in [4.69, 9.17) is 17.3 Å². The fourth-order valence-electron chi connectivity index (χ4n) is 2.14. The number of benzene rings is 1. The van der Waals surface area contributed by atoms with E-state index in [1.54, 1.807) is 6.20 Å². The van der Waals surface area contributed by atoms with E-state index in [1.807, 2.05) is 13.1 Å². The Hall–Kier alpha value is -1.58. The van der Waals surface area contributed by atoms with Gasteiger partial charge < -0.3 is 11.1 Å². The zero-order chi connectivity index (χ0) is 13.8. The standard InChI is InChI=1S/C15H18ClN3/c1-3-10-4-6-11(7-5-10)14(18-2)13-8-12(16)9-19-15(13)17/h4-9,14,18H,3H2,1-2H3,(H2,17,19). The minimum absolute atomic E-state index is 0.00268. The van der Waals surface area contributed by atoms with Gasteiger partial charge in [-0.3, -0.25) is 0 Å². The maximum absolute atomic E-state index is 6.01. The molecular weight excluding hydrogens is 258 g/mol. The van der Waals surface area contributed by atoms with Crippen molar-refractivity contribution in [1.29, 1.82) is 0 Å². The lowest BCUT2D eigenvalue weighted by molar-refractivity contribution is 0.691. The monoisotopic (exact) mass is 275 g/mol. The average molecular weight is 276 g/mol. The molecule has 0 fully saturated rings. The van der Waals surface area contributed by atoms with Crippen LogP contribution >= 0.6 is 11.6 Å². The van der Waals surface area contributed by atoms with Gasteiger partial charge in [-0.2, -0.15) is 0 Å². The van der Waals surface area contributed by atoms with Crippen molar-refractivity contribution in [2.24, 2.45) is 0 Å². The van der Waals surface area contributed by atoms with E-state index in [9.17, 15) is 0 Å². The smallest absolute Gasteiger partial charge is 0.128 e. The summed E-state index contributed by atoms with van der Waals surface area (Å²) in [6.45, 7) is 2.14. The highest BCUT2D eigenvalue weighted by molar-refractivity contribution is 6.30. The van der Waals surface area contributed by atoms with Gasteiger partial charge in [0, 0.05) is 11.8 Å².